The quantitative estimate of drug-likeness (QED) is 0.526. The maximum atomic E-state index is 12.8. The number of pyridine rings is 2. The van der Waals surface area contributed by atoms with Crippen molar-refractivity contribution in [3.05, 3.63) is 71.9 Å². The zero-order valence-corrected chi connectivity index (χ0v) is 16.9. The van der Waals surface area contributed by atoms with Gasteiger partial charge in [0.25, 0.3) is 5.91 Å². The van der Waals surface area contributed by atoms with Gasteiger partial charge in [-0.05, 0) is 50.6 Å². The van der Waals surface area contributed by atoms with E-state index >= 15 is 0 Å². The average Bonchev–Trinajstić information content (AvgIpc) is 3.40. The summed E-state index contributed by atoms with van der Waals surface area (Å²) in [6, 6.07) is 8.70. The lowest BCUT2D eigenvalue weighted by Crippen LogP contribution is -2.28. The van der Waals surface area contributed by atoms with Gasteiger partial charge in [-0.1, -0.05) is 12.1 Å². The summed E-state index contributed by atoms with van der Waals surface area (Å²) in [5.74, 6) is 0.491. The second-order valence-corrected chi connectivity index (χ2v) is 6.87. The molecule has 4 aromatic heterocycles. The number of aromatic nitrogens is 6. The Balaban J connectivity index is 1.53. The van der Waals surface area contributed by atoms with Crippen LogP contribution in [0, 0.1) is 13.8 Å². The number of hydrogen-bond acceptors (Lipinski definition) is 7. The molecule has 0 saturated heterocycles. The van der Waals surface area contributed by atoms with Gasteiger partial charge >= 0.3 is 0 Å². The predicted octanol–water partition coefficient (Wildman–Crippen LogP) is 3.21. The second kappa shape index (κ2) is 8.24. The van der Waals surface area contributed by atoms with Crippen molar-refractivity contribution in [1.29, 1.82) is 0 Å². The molecule has 1 unspecified atom stereocenters. The highest BCUT2D eigenvalue weighted by molar-refractivity contribution is 5.92. The molecular formula is C21H21N7O2. The maximum absolute atomic E-state index is 12.8. The van der Waals surface area contributed by atoms with E-state index in [1.807, 2.05) is 45.0 Å². The average molecular weight is 403 g/mol. The van der Waals surface area contributed by atoms with Gasteiger partial charge in [0.15, 0.2) is 5.69 Å². The molecule has 0 aromatic carbocycles. The molecule has 4 rings (SSSR count). The van der Waals surface area contributed by atoms with Crippen molar-refractivity contribution >= 4 is 5.91 Å². The van der Waals surface area contributed by atoms with E-state index < -0.39 is 6.04 Å². The number of nitrogens with one attached hydrogen (secondary N) is 1. The van der Waals surface area contributed by atoms with Crippen molar-refractivity contribution in [2.75, 3.05) is 0 Å². The molecule has 0 aliphatic heterocycles. The van der Waals surface area contributed by atoms with Crippen molar-refractivity contribution in [1.82, 2.24) is 35.2 Å². The van der Waals surface area contributed by atoms with Gasteiger partial charge in [0, 0.05) is 29.3 Å². The van der Waals surface area contributed by atoms with Crippen molar-refractivity contribution in [3.63, 3.8) is 0 Å². The van der Waals surface area contributed by atoms with Crippen LogP contribution in [0.5, 0.6) is 0 Å². The summed E-state index contributed by atoms with van der Waals surface area (Å²) in [7, 11) is 0. The van der Waals surface area contributed by atoms with E-state index in [0.29, 0.717) is 23.8 Å². The second-order valence-electron chi connectivity index (χ2n) is 6.87. The third-order valence-electron chi connectivity index (χ3n) is 4.62. The molecule has 152 valence electrons. The van der Waals surface area contributed by atoms with Crippen LogP contribution in [-0.4, -0.2) is 35.8 Å². The van der Waals surface area contributed by atoms with Crippen molar-refractivity contribution in [2.24, 2.45) is 0 Å². The van der Waals surface area contributed by atoms with Gasteiger partial charge in [-0.3, -0.25) is 14.8 Å². The number of amides is 1. The van der Waals surface area contributed by atoms with Crippen LogP contribution >= 0.6 is 0 Å². The summed E-state index contributed by atoms with van der Waals surface area (Å²) < 4.78 is 7.10. The molecule has 1 amide bonds. The minimum atomic E-state index is -0.425. The Bertz CT molecular complexity index is 1170. The fourth-order valence-corrected chi connectivity index (χ4v) is 3.08. The molecule has 1 N–H and O–H groups in total. The van der Waals surface area contributed by atoms with E-state index in [0.717, 1.165) is 22.6 Å². The molecule has 9 nitrogen and oxygen atoms in total. The van der Waals surface area contributed by atoms with E-state index in [2.05, 4.69) is 30.5 Å². The fourth-order valence-electron chi connectivity index (χ4n) is 3.08. The number of nitrogens with zero attached hydrogens (tertiary/aromatic N) is 6. The molecule has 0 bridgehead atoms. The lowest BCUT2D eigenvalue weighted by atomic mass is 10.2. The molecule has 4 heterocycles. The minimum absolute atomic E-state index is 0.305. The van der Waals surface area contributed by atoms with Crippen LogP contribution in [0.15, 0.2) is 53.4 Å². The zero-order chi connectivity index (χ0) is 21.1. The number of carbonyl (C=O) groups excluding carboxylic acids is 1. The van der Waals surface area contributed by atoms with Crippen LogP contribution in [-0.2, 0) is 0 Å². The fraction of sp³-hybridized carbons (Fsp3) is 0.238. The van der Waals surface area contributed by atoms with E-state index in [9.17, 15) is 4.79 Å². The van der Waals surface area contributed by atoms with Crippen molar-refractivity contribution in [3.8, 4) is 17.1 Å². The Hall–Kier alpha value is -3.88. The first-order chi connectivity index (χ1) is 14.5. The summed E-state index contributed by atoms with van der Waals surface area (Å²) >= 11 is 0. The Morgan fingerprint density at radius 3 is 2.83 bits per heavy atom. The molecule has 0 aliphatic rings. The van der Waals surface area contributed by atoms with Crippen LogP contribution < -0.4 is 5.32 Å². The van der Waals surface area contributed by atoms with E-state index in [1.54, 1.807) is 29.3 Å². The SMILES string of the molecule is CCC(NC(=O)c1cc(C)n(-c2cccnc2)n1)c1nc(-c2ccnc(C)c2)no1. The van der Waals surface area contributed by atoms with Crippen LogP contribution in [0.1, 0.15) is 47.2 Å². The molecule has 1 atom stereocenters. The maximum Gasteiger partial charge on any atom is 0.272 e. The highest BCUT2D eigenvalue weighted by Crippen LogP contribution is 2.21. The van der Waals surface area contributed by atoms with Gasteiger partial charge in [0.05, 0.1) is 11.9 Å². The Morgan fingerprint density at radius 2 is 2.10 bits per heavy atom. The summed E-state index contributed by atoms with van der Waals surface area (Å²) in [4.78, 5) is 25.5. The van der Waals surface area contributed by atoms with Crippen molar-refractivity contribution in [2.45, 2.75) is 33.2 Å². The summed E-state index contributed by atoms with van der Waals surface area (Å²) in [5, 5.41) is 11.4. The predicted molar refractivity (Wildman–Crippen MR) is 109 cm³/mol. The van der Waals surface area contributed by atoms with Gasteiger partial charge in [0.2, 0.25) is 11.7 Å². The standard InChI is InChI=1S/C21H21N7O2/c1-4-17(21-25-19(27-30-21)15-7-9-23-13(2)10-15)24-20(29)18-11-14(3)28(26-18)16-6-5-8-22-12-16/h5-12,17H,4H2,1-3H3,(H,24,29). The number of aryl methyl sites for hydroxylation is 2. The number of carbonyl (C=O) groups is 1. The minimum Gasteiger partial charge on any atom is -0.339 e. The number of rotatable bonds is 6. The first kappa shape index (κ1) is 19.4. The lowest BCUT2D eigenvalue weighted by Gasteiger charge is -2.11. The molecular weight excluding hydrogens is 382 g/mol. The number of hydrogen-bond donors (Lipinski definition) is 1. The first-order valence-electron chi connectivity index (χ1n) is 9.59. The van der Waals surface area contributed by atoms with Crippen LogP contribution in [0.25, 0.3) is 17.1 Å². The van der Waals surface area contributed by atoms with Gasteiger partial charge < -0.3 is 9.84 Å². The molecule has 4 aromatic rings. The van der Waals surface area contributed by atoms with Gasteiger partial charge in [-0.15, -0.1) is 0 Å². The molecule has 0 radical (unpaired) electrons. The Kier molecular flexibility index (Phi) is 5.34. The zero-order valence-electron chi connectivity index (χ0n) is 16.9. The monoisotopic (exact) mass is 403 g/mol. The van der Waals surface area contributed by atoms with Gasteiger partial charge in [0.1, 0.15) is 6.04 Å². The van der Waals surface area contributed by atoms with Crippen LogP contribution in [0.4, 0.5) is 0 Å². The third kappa shape index (κ3) is 3.95. The van der Waals surface area contributed by atoms with Gasteiger partial charge in [-0.25, -0.2) is 4.68 Å². The summed E-state index contributed by atoms with van der Waals surface area (Å²) in [5.41, 5.74) is 3.59. The summed E-state index contributed by atoms with van der Waals surface area (Å²) in [6.07, 6.45) is 5.66. The smallest absolute Gasteiger partial charge is 0.272 e. The Labute approximate surface area is 173 Å². The molecule has 0 saturated carbocycles. The van der Waals surface area contributed by atoms with Crippen LogP contribution in [0.2, 0.25) is 0 Å². The van der Waals surface area contributed by atoms with Crippen LogP contribution in [0.3, 0.4) is 0 Å². The van der Waals surface area contributed by atoms with E-state index in [4.69, 9.17) is 4.52 Å². The Morgan fingerprint density at radius 1 is 1.23 bits per heavy atom. The normalized spacial score (nSPS) is 12.0. The van der Waals surface area contributed by atoms with Crippen molar-refractivity contribution < 1.29 is 9.32 Å². The first-order valence-corrected chi connectivity index (χ1v) is 9.59. The largest absolute Gasteiger partial charge is 0.339 e. The topological polar surface area (TPSA) is 112 Å². The molecule has 0 fully saturated rings. The molecule has 30 heavy (non-hydrogen) atoms. The molecule has 9 heteroatoms. The molecule has 0 aliphatic carbocycles. The summed E-state index contributed by atoms with van der Waals surface area (Å²) in [6.45, 7) is 5.71. The molecule has 0 spiro atoms. The van der Waals surface area contributed by atoms with E-state index in [1.165, 1.54) is 0 Å². The van der Waals surface area contributed by atoms with E-state index in [-0.39, 0.29) is 5.91 Å². The lowest BCUT2D eigenvalue weighted by molar-refractivity contribution is 0.0921. The highest BCUT2D eigenvalue weighted by atomic mass is 16.5. The third-order valence-corrected chi connectivity index (χ3v) is 4.62. The highest BCUT2D eigenvalue weighted by Gasteiger charge is 2.22. The van der Waals surface area contributed by atoms with Gasteiger partial charge in [-0.2, -0.15) is 10.1 Å².